The Morgan fingerprint density at radius 3 is 2.68 bits per heavy atom. The van der Waals surface area contributed by atoms with Crippen LogP contribution in [-0.2, 0) is 0 Å². The molecule has 5 heteroatoms. The lowest BCUT2D eigenvalue weighted by Crippen LogP contribution is -2.12. The predicted molar refractivity (Wildman–Crippen MR) is 72.6 cm³/mol. The summed E-state index contributed by atoms with van der Waals surface area (Å²) >= 11 is 0. The molecule has 3 aromatic rings. The van der Waals surface area contributed by atoms with Gasteiger partial charge in [-0.05, 0) is 5.56 Å². The summed E-state index contributed by atoms with van der Waals surface area (Å²) in [6, 6.07) is 12.8. The second-order valence-corrected chi connectivity index (χ2v) is 4.18. The summed E-state index contributed by atoms with van der Waals surface area (Å²) in [5, 5.41) is 9.23. The Morgan fingerprint density at radius 1 is 1.26 bits per heavy atom. The van der Waals surface area contributed by atoms with E-state index in [4.69, 9.17) is 5.73 Å². The molecule has 0 aliphatic carbocycles. The Labute approximate surface area is 108 Å². The molecule has 2 aromatic heterocycles. The molecule has 0 fully saturated rings. The molecule has 0 radical (unpaired) electrons. The van der Waals surface area contributed by atoms with Crippen molar-refractivity contribution in [3.8, 4) is 17.2 Å². The molecule has 1 aromatic carbocycles. The number of nitrogens with zero attached hydrogens (tertiary/aromatic N) is 2. The van der Waals surface area contributed by atoms with Crippen LogP contribution in [0.1, 0.15) is 5.56 Å². The van der Waals surface area contributed by atoms with E-state index >= 15 is 0 Å². The molecule has 3 N–H and O–H groups in total. The summed E-state index contributed by atoms with van der Waals surface area (Å²) in [6.07, 6.45) is 1.52. The van der Waals surface area contributed by atoms with Gasteiger partial charge in [0.25, 0.3) is 5.56 Å². The Bertz CT molecular complexity index is 853. The van der Waals surface area contributed by atoms with Crippen molar-refractivity contribution in [2.24, 2.45) is 0 Å². The van der Waals surface area contributed by atoms with Crippen molar-refractivity contribution in [2.45, 2.75) is 0 Å². The average Bonchev–Trinajstić information content (AvgIpc) is 2.78. The highest BCUT2D eigenvalue weighted by atomic mass is 16.1. The molecule has 5 nitrogen and oxygen atoms in total. The molecule has 3 rings (SSSR count). The molecule has 0 saturated heterocycles. The van der Waals surface area contributed by atoms with E-state index in [9.17, 15) is 10.1 Å². The number of hydrogen-bond acceptors (Lipinski definition) is 3. The normalized spacial score (nSPS) is 10.5. The van der Waals surface area contributed by atoms with Crippen LogP contribution < -0.4 is 11.3 Å². The third-order valence-electron chi connectivity index (χ3n) is 2.97. The standard InChI is InChI=1S/C14H10N4O/c15-7-10-8-18-12(19)6-11(16)17-14(18)13(10)9-4-2-1-3-5-9/h1-6,8,17H,16H2. The van der Waals surface area contributed by atoms with E-state index in [1.165, 1.54) is 16.7 Å². The van der Waals surface area contributed by atoms with Crippen LogP contribution in [0.5, 0.6) is 0 Å². The first-order chi connectivity index (χ1) is 9.20. The molecule has 0 aliphatic rings. The van der Waals surface area contributed by atoms with E-state index in [1.807, 2.05) is 30.3 Å². The number of aromatic amines is 1. The smallest absolute Gasteiger partial charge is 0.259 e. The van der Waals surface area contributed by atoms with E-state index in [0.717, 1.165) is 5.56 Å². The highest BCUT2D eigenvalue weighted by Crippen LogP contribution is 2.28. The molecule has 0 amide bonds. The molecule has 0 atom stereocenters. The van der Waals surface area contributed by atoms with Crippen molar-refractivity contribution in [3.63, 3.8) is 0 Å². The monoisotopic (exact) mass is 250 g/mol. The number of anilines is 1. The number of nitrogens with one attached hydrogen (secondary N) is 1. The van der Waals surface area contributed by atoms with Gasteiger partial charge in [-0.25, -0.2) is 0 Å². The van der Waals surface area contributed by atoms with Crippen LogP contribution in [-0.4, -0.2) is 9.38 Å². The Kier molecular flexibility index (Phi) is 2.36. The van der Waals surface area contributed by atoms with Crippen LogP contribution in [0.3, 0.4) is 0 Å². The van der Waals surface area contributed by atoms with Crippen molar-refractivity contribution in [3.05, 3.63) is 58.5 Å². The number of nitrogen functional groups attached to an aromatic ring is 1. The molecular formula is C14H10N4O. The minimum atomic E-state index is -0.259. The summed E-state index contributed by atoms with van der Waals surface area (Å²) in [5.41, 5.74) is 7.93. The van der Waals surface area contributed by atoms with E-state index < -0.39 is 0 Å². The largest absolute Gasteiger partial charge is 0.385 e. The number of rotatable bonds is 1. The van der Waals surface area contributed by atoms with Crippen LogP contribution in [0.2, 0.25) is 0 Å². The van der Waals surface area contributed by atoms with Gasteiger partial charge in [0.15, 0.2) is 0 Å². The fourth-order valence-electron chi connectivity index (χ4n) is 2.16. The van der Waals surface area contributed by atoms with Crippen LogP contribution in [0.25, 0.3) is 16.8 Å². The maximum absolute atomic E-state index is 11.9. The Hall–Kier alpha value is -3.00. The van der Waals surface area contributed by atoms with E-state index in [1.54, 1.807) is 0 Å². The van der Waals surface area contributed by atoms with E-state index in [2.05, 4.69) is 11.1 Å². The number of benzene rings is 1. The zero-order chi connectivity index (χ0) is 13.4. The van der Waals surface area contributed by atoms with E-state index in [0.29, 0.717) is 16.8 Å². The van der Waals surface area contributed by atoms with Crippen molar-refractivity contribution in [1.29, 1.82) is 5.26 Å². The van der Waals surface area contributed by atoms with Gasteiger partial charge in [-0.15, -0.1) is 0 Å². The molecule has 92 valence electrons. The first-order valence-electron chi connectivity index (χ1n) is 5.70. The summed E-state index contributed by atoms with van der Waals surface area (Å²) < 4.78 is 1.40. The Morgan fingerprint density at radius 2 is 2.00 bits per heavy atom. The second kappa shape index (κ2) is 4.03. The average molecular weight is 250 g/mol. The first kappa shape index (κ1) is 11.1. The first-order valence-corrected chi connectivity index (χ1v) is 5.70. The third kappa shape index (κ3) is 1.67. The number of hydrogen-bond donors (Lipinski definition) is 2. The molecule has 0 aliphatic heterocycles. The minimum Gasteiger partial charge on any atom is -0.385 e. The number of nitriles is 1. The lowest BCUT2D eigenvalue weighted by Gasteiger charge is -2.02. The van der Waals surface area contributed by atoms with Gasteiger partial charge in [-0.1, -0.05) is 30.3 Å². The minimum absolute atomic E-state index is 0.259. The van der Waals surface area contributed by atoms with Gasteiger partial charge in [0.2, 0.25) is 0 Å². The van der Waals surface area contributed by atoms with Crippen LogP contribution >= 0.6 is 0 Å². The topological polar surface area (TPSA) is 87.1 Å². The predicted octanol–water partition coefficient (Wildman–Crippen LogP) is 1.75. The van der Waals surface area contributed by atoms with Gasteiger partial charge < -0.3 is 10.7 Å². The zero-order valence-electron chi connectivity index (χ0n) is 9.92. The van der Waals surface area contributed by atoms with Gasteiger partial charge in [-0.2, -0.15) is 5.26 Å². The Balaban J connectivity index is 2.47. The van der Waals surface area contributed by atoms with Gasteiger partial charge in [-0.3, -0.25) is 9.20 Å². The van der Waals surface area contributed by atoms with Crippen molar-refractivity contribution in [2.75, 3.05) is 5.73 Å². The summed E-state index contributed by atoms with van der Waals surface area (Å²) in [5.74, 6) is 0.275. The maximum Gasteiger partial charge on any atom is 0.259 e. The quantitative estimate of drug-likeness (QED) is 0.689. The second-order valence-electron chi connectivity index (χ2n) is 4.18. The van der Waals surface area contributed by atoms with Crippen LogP contribution in [0.15, 0.2) is 47.4 Å². The molecule has 0 saturated carbocycles. The SMILES string of the molecule is N#Cc1cn2c(=O)cc(N)[nH]c2c1-c1ccccc1. The summed E-state index contributed by atoms with van der Waals surface area (Å²) in [4.78, 5) is 14.8. The summed E-state index contributed by atoms with van der Waals surface area (Å²) in [7, 11) is 0. The number of fused-ring (bicyclic) bond motifs is 1. The molecular weight excluding hydrogens is 240 g/mol. The fourth-order valence-corrected chi connectivity index (χ4v) is 2.16. The van der Waals surface area contributed by atoms with Gasteiger partial charge in [0.05, 0.1) is 5.56 Å². The van der Waals surface area contributed by atoms with Crippen LogP contribution in [0.4, 0.5) is 5.82 Å². The molecule has 19 heavy (non-hydrogen) atoms. The number of aromatic nitrogens is 2. The molecule has 0 bridgehead atoms. The van der Waals surface area contributed by atoms with E-state index in [-0.39, 0.29) is 11.4 Å². The van der Waals surface area contributed by atoms with Crippen molar-refractivity contribution < 1.29 is 0 Å². The van der Waals surface area contributed by atoms with Crippen molar-refractivity contribution in [1.82, 2.24) is 9.38 Å². The van der Waals surface area contributed by atoms with Gasteiger partial charge in [0, 0.05) is 17.8 Å². The van der Waals surface area contributed by atoms with Crippen LogP contribution in [0, 0.1) is 11.3 Å². The lowest BCUT2D eigenvalue weighted by molar-refractivity contribution is 1.08. The summed E-state index contributed by atoms with van der Waals surface area (Å²) in [6.45, 7) is 0. The lowest BCUT2D eigenvalue weighted by atomic mass is 10.1. The molecule has 2 heterocycles. The third-order valence-corrected chi connectivity index (χ3v) is 2.97. The zero-order valence-corrected chi connectivity index (χ0v) is 9.92. The maximum atomic E-state index is 11.9. The molecule has 0 spiro atoms. The highest BCUT2D eigenvalue weighted by molar-refractivity contribution is 5.84. The highest BCUT2D eigenvalue weighted by Gasteiger charge is 2.14. The number of nitrogens with two attached hydrogens (primary N) is 1. The number of H-pyrrole nitrogens is 1. The fraction of sp³-hybridized carbons (Fsp3) is 0. The van der Waals surface area contributed by atoms with Gasteiger partial charge >= 0.3 is 0 Å². The van der Waals surface area contributed by atoms with Crippen molar-refractivity contribution >= 4 is 11.5 Å². The van der Waals surface area contributed by atoms with Gasteiger partial charge in [0.1, 0.15) is 17.5 Å². The molecule has 0 unspecified atom stereocenters.